The minimum atomic E-state index is -1.29. The minimum Gasteiger partial charge on any atom is -0.478 e. The van der Waals surface area contributed by atoms with Crippen molar-refractivity contribution in [1.29, 1.82) is 0 Å². The monoisotopic (exact) mass is 295 g/mol. The summed E-state index contributed by atoms with van der Waals surface area (Å²) in [5.41, 5.74) is 0.184. The average molecular weight is 295 g/mol. The van der Waals surface area contributed by atoms with E-state index in [4.69, 9.17) is 9.52 Å². The Morgan fingerprint density at radius 1 is 1.35 bits per heavy atom. The second-order valence-corrected chi connectivity index (χ2v) is 5.02. The first-order valence-corrected chi connectivity index (χ1v) is 7.33. The third-order valence-corrected chi connectivity index (χ3v) is 3.24. The molecule has 6 heteroatoms. The van der Waals surface area contributed by atoms with E-state index in [1.807, 2.05) is 18.4 Å². The van der Waals surface area contributed by atoms with Crippen molar-refractivity contribution in [2.24, 2.45) is 0 Å². The van der Waals surface area contributed by atoms with Gasteiger partial charge in [-0.3, -0.25) is 0 Å². The number of furan rings is 1. The van der Waals surface area contributed by atoms with E-state index in [0.717, 1.165) is 23.3 Å². The molecule has 2 N–H and O–H groups in total. The van der Waals surface area contributed by atoms with Crippen molar-refractivity contribution in [1.82, 2.24) is 0 Å². The van der Waals surface area contributed by atoms with Gasteiger partial charge in [-0.2, -0.15) is 11.8 Å². The van der Waals surface area contributed by atoms with E-state index in [1.54, 1.807) is 11.8 Å². The van der Waals surface area contributed by atoms with E-state index in [9.17, 15) is 9.18 Å². The molecule has 0 saturated heterocycles. The molecule has 0 unspecified atom stereocenters. The lowest BCUT2D eigenvalue weighted by atomic mass is 10.2. The Kier molecular flexibility index (Phi) is 4.68. The van der Waals surface area contributed by atoms with Crippen molar-refractivity contribution in [2.45, 2.75) is 12.3 Å². The Bertz CT molecular complexity index is 612. The molecule has 0 saturated carbocycles. The van der Waals surface area contributed by atoms with Crippen LogP contribution in [0.5, 0.6) is 0 Å². The number of rotatable bonds is 6. The molecule has 0 atom stereocenters. The molecule has 0 radical (unpaired) electrons. The van der Waals surface area contributed by atoms with Gasteiger partial charge in [-0.25, -0.2) is 9.18 Å². The predicted molar refractivity (Wildman–Crippen MR) is 76.6 cm³/mol. The maximum Gasteiger partial charge on any atom is 0.338 e. The zero-order chi connectivity index (χ0) is 14.5. The van der Waals surface area contributed by atoms with Crippen LogP contribution in [-0.2, 0) is 12.3 Å². The molecule has 106 valence electrons. The Morgan fingerprint density at radius 2 is 2.10 bits per heavy atom. The molecule has 4 nitrogen and oxygen atoms in total. The first kappa shape index (κ1) is 14.5. The average Bonchev–Trinajstić information content (AvgIpc) is 2.86. The molecule has 20 heavy (non-hydrogen) atoms. The third kappa shape index (κ3) is 3.54. The van der Waals surface area contributed by atoms with Gasteiger partial charge in [-0.15, -0.1) is 0 Å². The summed E-state index contributed by atoms with van der Waals surface area (Å²) in [6.07, 6.45) is 1.99. The van der Waals surface area contributed by atoms with Crippen LogP contribution >= 0.6 is 11.8 Å². The number of thioether (sulfide) groups is 1. The summed E-state index contributed by atoms with van der Waals surface area (Å²) in [6.45, 7) is 0.416. The highest BCUT2D eigenvalue weighted by Gasteiger charge is 2.11. The van der Waals surface area contributed by atoms with Gasteiger partial charge in [0.05, 0.1) is 17.9 Å². The molecule has 1 aromatic heterocycles. The fourth-order valence-electron chi connectivity index (χ4n) is 1.73. The number of nitrogens with one attached hydrogen (secondary N) is 1. The van der Waals surface area contributed by atoms with Gasteiger partial charge < -0.3 is 14.8 Å². The summed E-state index contributed by atoms with van der Waals surface area (Å²) in [4.78, 5) is 10.8. The van der Waals surface area contributed by atoms with Crippen molar-refractivity contribution in [3.8, 4) is 0 Å². The van der Waals surface area contributed by atoms with Gasteiger partial charge in [0, 0.05) is 5.69 Å². The lowest BCUT2D eigenvalue weighted by Crippen LogP contribution is -2.04. The fourth-order valence-corrected chi connectivity index (χ4v) is 2.17. The summed E-state index contributed by atoms with van der Waals surface area (Å²) < 4.78 is 18.8. The van der Waals surface area contributed by atoms with E-state index >= 15 is 0 Å². The van der Waals surface area contributed by atoms with Crippen LogP contribution in [0, 0.1) is 5.82 Å². The molecular formula is C14H14FNO3S. The molecule has 0 spiro atoms. The zero-order valence-electron chi connectivity index (χ0n) is 10.9. The van der Waals surface area contributed by atoms with Crippen LogP contribution in [0.4, 0.5) is 10.1 Å². The Labute approximate surface area is 120 Å². The third-order valence-electron chi connectivity index (χ3n) is 2.67. The van der Waals surface area contributed by atoms with E-state index in [1.165, 1.54) is 12.1 Å². The van der Waals surface area contributed by atoms with Crippen LogP contribution in [0.25, 0.3) is 0 Å². The second kappa shape index (κ2) is 6.47. The highest BCUT2D eigenvalue weighted by atomic mass is 32.2. The standard InChI is InChI=1S/C14H14FNO3S/c1-20-8-11-4-3-10(19-11)7-16-9-2-5-13(15)12(6-9)14(17)18/h2-6,16H,7-8H2,1H3,(H,17,18). The normalized spacial score (nSPS) is 10.5. The minimum absolute atomic E-state index is 0.350. The molecule has 0 bridgehead atoms. The van der Waals surface area contributed by atoms with Gasteiger partial charge >= 0.3 is 5.97 Å². The summed E-state index contributed by atoms with van der Waals surface area (Å²) >= 11 is 1.67. The maximum absolute atomic E-state index is 13.2. The van der Waals surface area contributed by atoms with Crippen molar-refractivity contribution in [3.63, 3.8) is 0 Å². The smallest absolute Gasteiger partial charge is 0.338 e. The number of hydrogen-bond donors (Lipinski definition) is 2. The Balaban J connectivity index is 2.03. The lowest BCUT2D eigenvalue weighted by Gasteiger charge is -2.06. The number of hydrogen-bond acceptors (Lipinski definition) is 4. The van der Waals surface area contributed by atoms with Gasteiger partial charge in [-0.05, 0) is 36.6 Å². The molecule has 0 aliphatic heterocycles. The predicted octanol–water partition coefficient (Wildman–Crippen LogP) is 3.59. The van der Waals surface area contributed by atoms with Crippen molar-refractivity contribution < 1.29 is 18.7 Å². The number of carbonyl (C=O) groups is 1. The number of benzene rings is 1. The van der Waals surface area contributed by atoms with E-state index in [-0.39, 0.29) is 5.56 Å². The molecule has 2 rings (SSSR count). The Morgan fingerprint density at radius 3 is 2.80 bits per heavy atom. The summed E-state index contributed by atoms with van der Waals surface area (Å²) in [5.74, 6) is 0.407. The Hall–Kier alpha value is -1.95. The number of halogens is 1. The topological polar surface area (TPSA) is 62.5 Å². The first-order valence-electron chi connectivity index (χ1n) is 5.93. The van der Waals surface area contributed by atoms with Gasteiger partial charge in [0.1, 0.15) is 17.3 Å². The summed E-state index contributed by atoms with van der Waals surface area (Å²) in [5, 5.41) is 11.9. The number of anilines is 1. The maximum atomic E-state index is 13.2. The number of carboxylic acids is 1. The molecular weight excluding hydrogens is 281 g/mol. The van der Waals surface area contributed by atoms with Crippen LogP contribution < -0.4 is 5.32 Å². The van der Waals surface area contributed by atoms with E-state index in [0.29, 0.717) is 12.2 Å². The molecule has 0 aliphatic rings. The van der Waals surface area contributed by atoms with Crippen molar-refractivity contribution in [2.75, 3.05) is 11.6 Å². The molecule has 1 heterocycles. The van der Waals surface area contributed by atoms with E-state index < -0.39 is 11.8 Å². The highest BCUT2D eigenvalue weighted by Crippen LogP contribution is 2.17. The van der Waals surface area contributed by atoms with Crippen LogP contribution in [0.3, 0.4) is 0 Å². The fraction of sp³-hybridized carbons (Fsp3) is 0.214. The number of carboxylic acid groups (broad SMARTS) is 1. The van der Waals surface area contributed by atoms with E-state index in [2.05, 4.69) is 5.32 Å². The quantitative estimate of drug-likeness (QED) is 0.852. The SMILES string of the molecule is CSCc1ccc(CNc2ccc(F)c(C(=O)O)c2)o1. The molecule has 0 fully saturated rings. The zero-order valence-corrected chi connectivity index (χ0v) is 11.7. The summed E-state index contributed by atoms with van der Waals surface area (Å²) in [6, 6.07) is 7.66. The molecule has 2 aromatic rings. The molecule has 1 aromatic carbocycles. The van der Waals surface area contributed by atoms with Gasteiger partial charge in [0.15, 0.2) is 0 Å². The van der Waals surface area contributed by atoms with Gasteiger partial charge in [-0.1, -0.05) is 0 Å². The first-order chi connectivity index (χ1) is 9.60. The second-order valence-electron chi connectivity index (χ2n) is 4.15. The highest BCUT2D eigenvalue weighted by molar-refractivity contribution is 7.97. The molecule has 0 aliphatic carbocycles. The summed E-state index contributed by atoms with van der Waals surface area (Å²) in [7, 11) is 0. The molecule has 0 amide bonds. The lowest BCUT2D eigenvalue weighted by molar-refractivity contribution is 0.0692. The van der Waals surface area contributed by atoms with Crippen LogP contribution in [0.2, 0.25) is 0 Å². The van der Waals surface area contributed by atoms with Crippen LogP contribution in [0.1, 0.15) is 21.9 Å². The van der Waals surface area contributed by atoms with Crippen LogP contribution in [0.15, 0.2) is 34.7 Å². The van der Waals surface area contributed by atoms with Gasteiger partial charge in [0.25, 0.3) is 0 Å². The number of aromatic carboxylic acids is 1. The van der Waals surface area contributed by atoms with Crippen LogP contribution in [-0.4, -0.2) is 17.3 Å². The van der Waals surface area contributed by atoms with Gasteiger partial charge in [0.2, 0.25) is 0 Å². The van der Waals surface area contributed by atoms with Crippen molar-refractivity contribution >= 4 is 23.4 Å². The van der Waals surface area contributed by atoms with Crippen molar-refractivity contribution in [3.05, 3.63) is 53.2 Å². The largest absolute Gasteiger partial charge is 0.478 e.